The quantitative estimate of drug-likeness (QED) is 0.502. The topological polar surface area (TPSA) is 97.9 Å². The van der Waals surface area contributed by atoms with Crippen LogP contribution in [0.4, 0.5) is 4.79 Å². The molecule has 0 atom stereocenters. The number of nitrogens with two attached hydrogens (primary N) is 1. The maximum absolute atomic E-state index is 10.5. The van der Waals surface area contributed by atoms with Crippen molar-refractivity contribution in [2.75, 3.05) is 0 Å². The molecule has 1 aromatic rings. The minimum atomic E-state index is -2.45. The van der Waals surface area contributed by atoms with Crippen molar-refractivity contribution in [2.45, 2.75) is 0 Å². The summed E-state index contributed by atoms with van der Waals surface area (Å²) in [7, 11) is -2.45. The van der Waals surface area contributed by atoms with Gasteiger partial charge in [0.15, 0.2) is 4.64 Å². The second-order valence-corrected chi connectivity index (χ2v) is 2.60. The number of nitrogens with one attached hydrogen (secondary N) is 1. The van der Waals surface area contributed by atoms with E-state index in [9.17, 15) is 13.2 Å². The zero-order chi connectivity index (χ0) is 8.43. The van der Waals surface area contributed by atoms with Crippen molar-refractivity contribution in [3.63, 3.8) is 0 Å². The van der Waals surface area contributed by atoms with Gasteiger partial charge in [-0.2, -0.15) is 13.1 Å². The summed E-state index contributed by atoms with van der Waals surface area (Å²) in [4.78, 5) is 10.5. The fourth-order valence-corrected chi connectivity index (χ4v) is 1.09. The summed E-state index contributed by atoms with van der Waals surface area (Å²) < 4.78 is 21.2. The molecule has 0 aliphatic heterocycles. The molecule has 0 unspecified atom stereocenters. The third-order valence-corrected chi connectivity index (χ3v) is 1.70. The number of hydrogen-bond donors (Lipinski definition) is 2. The molecule has 6 nitrogen and oxygen atoms in total. The molecule has 0 aromatic carbocycles. The molecule has 1 rings (SSSR count). The highest BCUT2D eigenvalue weighted by Gasteiger charge is 1.99. The Labute approximate surface area is 62.8 Å². The fourth-order valence-electron chi connectivity index (χ4n) is 0.624. The highest BCUT2D eigenvalue weighted by molar-refractivity contribution is 7.63. The number of H-pyrrole nitrogens is 1. The van der Waals surface area contributed by atoms with Crippen LogP contribution in [0.15, 0.2) is 12.3 Å². The Balaban J connectivity index is 3.67. The Morgan fingerprint density at radius 1 is 1.64 bits per heavy atom. The van der Waals surface area contributed by atoms with Crippen LogP contribution in [0.1, 0.15) is 0 Å². The van der Waals surface area contributed by atoms with E-state index >= 15 is 0 Å². The van der Waals surface area contributed by atoms with Crippen molar-refractivity contribution < 1.29 is 13.2 Å². The highest BCUT2D eigenvalue weighted by Crippen LogP contribution is 1.85. The van der Waals surface area contributed by atoms with Crippen molar-refractivity contribution in [1.29, 1.82) is 0 Å². The molecule has 1 heterocycles. The van der Waals surface area contributed by atoms with Crippen LogP contribution in [0.5, 0.6) is 0 Å². The van der Waals surface area contributed by atoms with Gasteiger partial charge >= 0.3 is 6.03 Å². The summed E-state index contributed by atoms with van der Waals surface area (Å²) in [5.74, 6) is 0. The lowest BCUT2D eigenvalue weighted by Crippen LogP contribution is -2.21. The van der Waals surface area contributed by atoms with Crippen LogP contribution in [-0.4, -0.2) is 24.2 Å². The van der Waals surface area contributed by atoms with Crippen molar-refractivity contribution >= 4 is 16.3 Å². The van der Waals surface area contributed by atoms with Gasteiger partial charge in [-0.3, -0.25) is 5.10 Å². The van der Waals surface area contributed by atoms with E-state index in [1.54, 1.807) is 0 Å². The molecule has 0 spiro atoms. The van der Waals surface area contributed by atoms with Gasteiger partial charge in [0.25, 0.3) is 0 Å². The first-order valence-corrected chi connectivity index (χ1v) is 3.69. The van der Waals surface area contributed by atoms with Gasteiger partial charge in [-0.15, -0.1) is 0 Å². The summed E-state index contributed by atoms with van der Waals surface area (Å²) in [6.07, 6.45) is 1.30. The lowest BCUT2D eigenvalue weighted by Gasteiger charge is -1.90. The Kier molecular flexibility index (Phi) is 1.81. The summed E-state index contributed by atoms with van der Waals surface area (Å²) in [6.45, 7) is 0. The van der Waals surface area contributed by atoms with E-state index < -0.39 is 16.3 Å². The van der Waals surface area contributed by atoms with Crippen LogP contribution < -0.4 is 5.73 Å². The summed E-state index contributed by atoms with van der Waals surface area (Å²) >= 11 is 0. The van der Waals surface area contributed by atoms with Gasteiger partial charge in [-0.25, -0.2) is 4.79 Å². The van der Waals surface area contributed by atoms with E-state index in [2.05, 4.69) is 5.10 Å². The lowest BCUT2D eigenvalue weighted by atomic mass is 10.7. The number of aromatic amines is 1. The second kappa shape index (κ2) is 2.62. The number of carbonyl (C=O) groups excluding carboxylic acids is 1. The molecule has 60 valence electrons. The predicted octanol–water partition coefficient (Wildman–Crippen LogP) is -0.846. The molecular weight excluding hydrogens is 170 g/mol. The average molecular weight is 175 g/mol. The van der Waals surface area contributed by atoms with E-state index in [-0.39, 0.29) is 4.64 Å². The monoisotopic (exact) mass is 175 g/mol. The number of carbonyl (C=O) groups is 1. The van der Waals surface area contributed by atoms with Gasteiger partial charge in [-0.1, -0.05) is 0 Å². The number of primary amides is 1. The van der Waals surface area contributed by atoms with E-state index in [1.165, 1.54) is 12.3 Å². The zero-order valence-corrected chi connectivity index (χ0v) is 6.13. The van der Waals surface area contributed by atoms with E-state index in [0.29, 0.717) is 0 Å². The van der Waals surface area contributed by atoms with Crippen molar-refractivity contribution in [3.05, 3.63) is 16.9 Å². The third-order valence-electron chi connectivity index (χ3n) is 1.04. The first-order valence-electron chi connectivity index (χ1n) is 2.61. The van der Waals surface area contributed by atoms with E-state index in [0.717, 1.165) is 4.68 Å². The minimum Gasteiger partial charge on any atom is -0.350 e. The van der Waals surface area contributed by atoms with Crippen molar-refractivity contribution in [1.82, 2.24) is 9.78 Å². The molecule has 0 saturated carbocycles. The molecule has 0 saturated heterocycles. The Morgan fingerprint density at radius 3 is 2.64 bits per heavy atom. The minimum absolute atomic E-state index is 0.183. The molecule has 11 heavy (non-hydrogen) atoms. The van der Waals surface area contributed by atoms with Crippen LogP contribution in [0, 0.1) is 4.64 Å². The van der Waals surface area contributed by atoms with Gasteiger partial charge in [0.2, 0.25) is 10.3 Å². The number of rotatable bonds is 0. The first-order chi connectivity index (χ1) is 5.13. The smallest absolute Gasteiger partial charge is 0.339 e. The number of nitrogens with zero attached hydrogens (tertiary/aromatic N) is 1. The van der Waals surface area contributed by atoms with E-state index in [1.807, 2.05) is 0 Å². The molecule has 0 bridgehead atoms. The number of amides is 1. The molecule has 0 fully saturated rings. The van der Waals surface area contributed by atoms with Gasteiger partial charge in [-0.05, 0) is 6.07 Å². The summed E-state index contributed by atoms with van der Waals surface area (Å²) in [6, 6.07) is 0.364. The van der Waals surface area contributed by atoms with Crippen LogP contribution in [0.25, 0.3) is 0 Å². The SMILES string of the molecule is NC(=O)n1[nH]ccc1=S(=O)=O. The molecule has 3 N–H and O–H groups in total. The van der Waals surface area contributed by atoms with E-state index in [4.69, 9.17) is 5.73 Å². The van der Waals surface area contributed by atoms with Crippen molar-refractivity contribution in [3.8, 4) is 0 Å². The van der Waals surface area contributed by atoms with Crippen LogP contribution in [0.3, 0.4) is 0 Å². The standard InChI is InChI=1S/C4H5N3O3S/c5-4(8)7-3(11(9)10)1-2-6-7/h1-2,6H,(H2,5,8). The Hall–Kier alpha value is -1.50. The molecule has 0 radical (unpaired) electrons. The molecule has 1 aromatic heterocycles. The largest absolute Gasteiger partial charge is 0.350 e. The molecule has 7 heteroatoms. The Morgan fingerprint density at radius 2 is 2.27 bits per heavy atom. The maximum atomic E-state index is 10.5. The van der Waals surface area contributed by atoms with Gasteiger partial charge in [0.05, 0.1) is 0 Å². The number of hydrogen-bond acceptors (Lipinski definition) is 3. The normalized spacial score (nSPS) is 9.45. The first kappa shape index (κ1) is 7.61. The van der Waals surface area contributed by atoms with Crippen LogP contribution in [-0.2, 0) is 10.3 Å². The predicted molar refractivity (Wildman–Crippen MR) is 35.9 cm³/mol. The van der Waals surface area contributed by atoms with Crippen LogP contribution >= 0.6 is 0 Å². The maximum Gasteiger partial charge on any atom is 0.339 e. The lowest BCUT2D eigenvalue weighted by molar-refractivity contribution is 0.247. The molecule has 0 aliphatic carbocycles. The zero-order valence-electron chi connectivity index (χ0n) is 5.31. The second-order valence-electron chi connectivity index (χ2n) is 1.71. The molecule has 1 amide bonds. The van der Waals surface area contributed by atoms with Gasteiger partial charge in [0.1, 0.15) is 0 Å². The highest BCUT2D eigenvalue weighted by atomic mass is 32.2. The molecular formula is C4H5N3O3S. The van der Waals surface area contributed by atoms with Gasteiger partial charge < -0.3 is 5.73 Å². The molecule has 0 aliphatic rings. The summed E-state index contributed by atoms with van der Waals surface area (Å²) in [5.41, 5.74) is 4.82. The van der Waals surface area contributed by atoms with Crippen molar-refractivity contribution in [2.24, 2.45) is 5.73 Å². The summed E-state index contributed by atoms with van der Waals surface area (Å²) in [5, 5.41) is 2.34. The average Bonchev–Trinajstić information content (AvgIpc) is 2.32. The van der Waals surface area contributed by atoms with Crippen LogP contribution in [0.2, 0.25) is 0 Å². The third kappa shape index (κ3) is 1.32. The number of aromatic nitrogens is 2. The van der Waals surface area contributed by atoms with Gasteiger partial charge in [0, 0.05) is 6.20 Å². The fraction of sp³-hybridized carbons (Fsp3) is 0. The Bertz CT molecular complexity index is 429.